The van der Waals surface area contributed by atoms with Crippen LogP contribution < -0.4 is 5.32 Å². The van der Waals surface area contributed by atoms with E-state index in [2.05, 4.69) is 11.5 Å². The zero-order valence-electron chi connectivity index (χ0n) is 12.7. The molecule has 1 saturated carbocycles. The maximum Gasteiger partial charge on any atom is 0.231 e. The number of hydrogen-bond donors (Lipinski definition) is 1. The van der Waals surface area contributed by atoms with Gasteiger partial charge in [0, 0.05) is 11.6 Å². The van der Waals surface area contributed by atoms with Gasteiger partial charge in [-0.3, -0.25) is 4.79 Å². The second kappa shape index (κ2) is 5.48. The highest BCUT2D eigenvalue weighted by atomic mass is 35.5. The van der Waals surface area contributed by atoms with Gasteiger partial charge in [0.15, 0.2) is 6.19 Å². The van der Waals surface area contributed by atoms with E-state index in [1.165, 1.54) is 0 Å². The first kappa shape index (κ1) is 15.2. The minimum atomic E-state index is -0.400. The Balaban J connectivity index is 1.74. The molecule has 1 unspecified atom stereocenters. The number of amides is 1. The molecule has 2 aliphatic rings. The van der Waals surface area contributed by atoms with Crippen molar-refractivity contribution in [3.05, 3.63) is 34.9 Å². The smallest absolute Gasteiger partial charge is 0.231 e. The van der Waals surface area contributed by atoms with E-state index in [1.54, 1.807) is 4.90 Å². The highest BCUT2D eigenvalue weighted by Crippen LogP contribution is 2.49. The number of carbonyl (C=O) groups excluding carboxylic acids is 1. The second-order valence-electron chi connectivity index (χ2n) is 6.73. The average Bonchev–Trinajstić information content (AvgIpc) is 3.29. The summed E-state index contributed by atoms with van der Waals surface area (Å²) in [6.07, 6.45) is 5.78. The maximum absolute atomic E-state index is 12.8. The van der Waals surface area contributed by atoms with E-state index < -0.39 is 5.41 Å². The van der Waals surface area contributed by atoms with Gasteiger partial charge in [0.25, 0.3) is 0 Å². The highest BCUT2D eigenvalue weighted by Gasteiger charge is 2.52. The van der Waals surface area contributed by atoms with Crippen molar-refractivity contribution in [1.82, 2.24) is 10.2 Å². The molecule has 1 saturated heterocycles. The van der Waals surface area contributed by atoms with Crippen molar-refractivity contribution < 1.29 is 4.79 Å². The highest BCUT2D eigenvalue weighted by molar-refractivity contribution is 6.30. The van der Waals surface area contributed by atoms with Crippen molar-refractivity contribution in [3.63, 3.8) is 0 Å². The fraction of sp³-hybridized carbons (Fsp3) is 0.529. The summed E-state index contributed by atoms with van der Waals surface area (Å²) >= 11 is 5.93. The molecule has 1 heterocycles. The van der Waals surface area contributed by atoms with Crippen LogP contribution in [0.3, 0.4) is 0 Å². The molecule has 0 bridgehead atoms. The molecule has 0 spiro atoms. The molecule has 2 fully saturated rings. The van der Waals surface area contributed by atoms with Crippen LogP contribution in [0.25, 0.3) is 0 Å². The zero-order valence-corrected chi connectivity index (χ0v) is 13.5. The van der Waals surface area contributed by atoms with Gasteiger partial charge in [-0.15, -0.1) is 0 Å². The van der Waals surface area contributed by atoms with Gasteiger partial charge in [-0.25, -0.2) is 0 Å². The number of halogens is 1. The van der Waals surface area contributed by atoms with Crippen molar-refractivity contribution >= 4 is 17.5 Å². The molecule has 116 valence electrons. The summed E-state index contributed by atoms with van der Waals surface area (Å²) in [5.41, 5.74) is 0.307. The molecule has 3 rings (SSSR count). The first-order chi connectivity index (χ1) is 10.5. The number of likely N-dealkylation sites (tertiary alicyclic amines) is 1. The molecule has 5 heteroatoms. The first-order valence-corrected chi connectivity index (χ1v) is 8.09. The van der Waals surface area contributed by atoms with E-state index in [0.717, 1.165) is 37.8 Å². The van der Waals surface area contributed by atoms with Gasteiger partial charge in [-0.1, -0.05) is 23.7 Å². The molecule has 1 atom stereocenters. The standard InChI is InChI=1S/C17H20ClN3O/c1-16(7-2-10-21(11-16)12-19)20-15(22)17(8-9-17)13-3-5-14(18)6-4-13/h3-6H,2,7-11H2,1H3,(H,20,22). The third-order valence-electron chi connectivity index (χ3n) is 4.83. The summed E-state index contributed by atoms with van der Waals surface area (Å²) in [5.74, 6) is 0.0807. The van der Waals surface area contributed by atoms with Crippen molar-refractivity contribution in [1.29, 1.82) is 5.26 Å². The minimum Gasteiger partial charge on any atom is -0.348 e. The quantitative estimate of drug-likeness (QED) is 0.872. The third-order valence-corrected chi connectivity index (χ3v) is 5.09. The minimum absolute atomic E-state index is 0.0807. The Morgan fingerprint density at radius 2 is 2.00 bits per heavy atom. The lowest BCUT2D eigenvalue weighted by molar-refractivity contribution is -0.125. The molecule has 0 aromatic heterocycles. The number of nitrogens with zero attached hydrogens (tertiary/aromatic N) is 2. The summed E-state index contributed by atoms with van der Waals surface area (Å²) in [4.78, 5) is 14.6. The normalized spacial score (nSPS) is 26.1. The molecule has 1 N–H and O–H groups in total. The average molecular weight is 318 g/mol. The van der Waals surface area contributed by atoms with Crippen LogP contribution in [-0.2, 0) is 10.2 Å². The Morgan fingerprint density at radius 3 is 2.59 bits per heavy atom. The van der Waals surface area contributed by atoms with E-state index in [1.807, 2.05) is 31.2 Å². The molecular weight excluding hydrogens is 298 g/mol. The fourth-order valence-corrected chi connectivity index (χ4v) is 3.49. The molecule has 1 aliphatic carbocycles. The van der Waals surface area contributed by atoms with Gasteiger partial charge >= 0.3 is 0 Å². The van der Waals surface area contributed by atoms with Crippen LogP contribution >= 0.6 is 11.6 Å². The van der Waals surface area contributed by atoms with Crippen LogP contribution in [0, 0.1) is 11.5 Å². The lowest BCUT2D eigenvalue weighted by Gasteiger charge is -2.39. The van der Waals surface area contributed by atoms with E-state index in [9.17, 15) is 4.79 Å². The van der Waals surface area contributed by atoms with Gasteiger partial charge in [-0.2, -0.15) is 5.26 Å². The number of hydrogen-bond acceptors (Lipinski definition) is 3. The summed E-state index contributed by atoms with van der Waals surface area (Å²) in [7, 11) is 0. The number of carbonyl (C=O) groups is 1. The van der Waals surface area contributed by atoms with E-state index in [-0.39, 0.29) is 11.4 Å². The lowest BCUT2D eigenvalue weighted by Crippen LogP contribution is -2.57. The molecule has 22 heavy (non-hydrogen) atoms. The van der Waals surface area contributed by atoms with Crippen molar-refractivity contribution in [3.8, 4) is 6.19 Å². The Hall–Kier alpha value is -1.73. The maximum atomic E-state index is 12.8. The van der Waals surface area contributed by atoms with Crippen LogP contribution in [0.1, 0.15) is 38.2 Å². The number of rotatable bonds is 3. The van der Waals surface area contributed by atoms with Crippen LogP contribution in [-0.4, -0.2) is 29.4 Å². The predicted octanol–water partition coefficient (Wildman–Crippen LogP) is 2.82. The molecule has 1 aromatic carbocycles. The summed E-state index contributed by atoms with van der Waals surface area (Å²) < 4.78 is 0. The van der Waals surface area contributed by atoms with Crippen LogP contribution in [0.15, 0.2) is 24.3 Å². The zero-order chi connectivity index (χ0) is 15.8. The molecule has 0 radical (unpaired) electrons. The third kappa shape index (κ3) is 2.78. The molecule has 1 aromatic rings. The Labute approximate surface area is 136 Å². The molecule has 1 aliphatic heterocycles. The van der Waals surface area contributed by atoms with Gasteiger partial charge in [0.2, 0.25) is 5.91 Å². The van der Waals surface area contributed by atoms with Gasteiger partial charge in [0.05, 0.1) is 17.5 Å². The summed E-state index contributed by atoms with van der Waals surface area (Å²) in [5, 5.41) is 13.0. The number of benzene rings is 1. The Morgan fingerprint density at radius 1 is 1.32 bits per heavy atom. The first-order valence-electron chi connectivity index (χ1n) is 7.71. The second-order valence-corrected chi connectivity index (χ2v) is 7.17. The number of nitrogens with one attached hydrogen (secondary N) is 1. The van der Waals surface area contributed by atoms with Crippen LogP contribution in [0.2, 0.25) is 5.02 Å². The fourth-order valence-electron chi connectivity index (χ4n) is 3.36. The number of piperidine rings is 1. The van der Waals surface area contributed by atoms with Gasteiger partial charge in [-0.05, 0) is 50.3 Å². The Kier molecular flexibility index (Phi) is 3.78. The van der Waals surface area contributed by atoms with Crippen molar-refractivity contribution in [2.45, 2.75) is 43.6 Å². The monoisotopic (exact) mass is 317 g/mol. The van der Waals surface area contributed by atoms with Crippen molar-refractivity contribution in [2.75, 3.05) is 13.1 Å². The topological polar surface area (TPSA) is 56.1 Å². The summed E-state index contributed by atoms with van der Waals surface area (Å²) in [6.45, 7) is 3.41. The molecular formula is C17H20ClN3O. The largest absolute Gasteiger partial charge is 0.348 e. The molecule has 1 amide bonds. The van der Waals surface area contributed by atoms with Crippen molar-refractivity contribution in [2.24, 2.45) is 0 Å². The van der Waals surface area contributed by atoms with E-state index in [0.29, 0.717) is 11.6 Å². The summed E-state index contributed by atoms with van der Waals surface area (Å²) in [6, 6.07) is 7.56. The van der Waals surface area contributed by atoms with E-state index in [4.69, 9.17) is 16.9 Å². The van der Waals surface area contributed by atoms with Gasteiger partial charge in [0.1, 0.15) is 0 Å². The van der Waals surface area contributed by atoms with E-state index >= 15 is 0 Å². The van der Waals surface area contributed by atoms with Crippen LogP contribution in [0.5, 0.6) is 0 Å². The molecule has 4 nitrogen and oxygen atoms in total. The SMILES string of the molecule is CC1(NC(=O)C2(c3ccc(Cl)cc3)CC2)CCCN(C#N)C1. The number of nitriles is 1. The predicted molar refractivity (Wildman–Crippen MR) is 85.3 cm³/mol. The Bertz CT molecular complexity index is 618. The van der Waals surface area contributed by atoms with Crippen LogP contribution in [0.4, 0.5) is 0 Å². The van der Waals surface area contributed by atoms with Gasteiger partial charge < -0.3 is 10.2 Å². The lowest BCUT2D eigenvalue weighted by atomic mass is 9.88.